The summed E-state index contributed by atoms with van der Waals surface area (Å²) in [4.78, 5) is 15.1. The predicted molar refractivity (Wildman–Crippen MR) is 74.0 cm³/mol. The van der Waals surface area contributed by atoms with Crippen LogP contribution in [0.1, 0.15) is 42.5 Å². The summed E-state index contributed by atoms with van der Waals surface area (Å²) in [7, 11) is 0. The molecule has 1 fully saturated rings. The molecular weight excluding hydrogens is 242 g/mol. The van der Waals surface area contributed by atoms with Gasteiger partial charge in [-0.1, -0.05) is 12.8 Å². The molecule has 0 aliphatic heterocycles. The lowest BCUT2D eigenvalue weighted by Gasteiger charge is -2.19. The van der Waals surface area contributed by atoms with Crippen LogP contribution in [0.3, 0.4) is 0 Å². The topological polar surface area (TPSA) is 82.0 Å². The summed E-state index contributed by atoms with van der Waals surface area (Å²) in [5.41, 5.74) is 8.47. The third kappa shape index (κ3) is 2.92. The van der Waals surface area contributed by atoms with Crippen LogP contribution in [-0.2, 0) is 6.42 Å². The van der Waals surface area contributed by atoms with Gasteiger partial charge in [0.2, 0.25) is 0 Å². The standard InChI is InChI=1S/C14H21N3O2/c1-9-8-16-13(10(2)14(9)17(18)19)7-12(15)11-5-3-4-6-11/h8,11-12H,3-7,15H2,1-2H3. The molecule has 0 radical (unpaired) electrons. The highest BCUT2D eigenvalue weighted by molar-refractivity contribution is 5.47. The Bertz CT molecular complexity index is 482. The Morgan fingerprint density at radius 1 is 1.47 bits per heavy atom. The molecule has 0 spiro atoms. The molecule has 1 unspecified atom stereocenters. The fraction of sp³-hybridized carbons (Fsp3) is 0.643. The molecule has 1 aliphatic rings. The first-order valence-electron chi connectivity index (χ1n) is 6.85. The van der Waals surface area contributed by atoms with Gasteiger partial charge < -0.3 is 5.73 Å². The van der Waals surface area contributed by atoms with Gasteiger partial charge in [-0.2, -0.15) is 0 Å². The largest absolute Gasteiger partial charge is 0.327 e. The lowest BCUT2D eigenvalue weighted by atomic mass is 9.93. The first kappa shape index (κ1) is 13.9. The average molecular weight is 263 g/mol. The van der Waals surface area contributed by atoms with Crippen molar-refractivity contribution in [2.75, 3.05) is 0 Å². The molecule has 1 atom stereocenters. The highest BCUT2D eigenvalue weighted by Crippen LogP contribution is 2.30. The second kappa shape index (κ2) is 5.65. The van der Waals surface area contributed by atoms with Gasteiger partial charge in [-0.25, -0.2) is 0 Å². The third-order valence-corrected chi connectivity index (χ3v) is 4.19. The molecule has 1 saturated carbocycles. The van der Waals surface area contributed by atoms with E-state index in [0.29, 0.717) is 23.5 Å². The van der Waals surface area contributed by atoms with Crippen molar-refractivity contribution in [3.63, 3.8) is 0 Å². The average Bonchev–Trinajstić information content (AvgIpc) is 2.86. The summed E-state index contributed by atoms with van der Waals surface area (Å²) in [6.07, 6.45) is 7.07. The molecule has 104 valence electrons. The maximum absolute atomic E-state index is 11.1. The van der Waals surface area contributed by atoms with E-state index >= 15 is 0 Å². The van der Waals surface area contributed by atoms with Crippen LogP contribution in [0, 0.1) is 29.9 Å². The lowest BCUT2D eigenvalue weighted by Crippen LogP contribution is -2.31. The number of nitrogens with two attached hydrogens (primary N) is 1. The zero-order valence-corrected chi connectivity index (χ0v) is 11.6. The van der Waals surface area contributed by atoms with E-state index in [1.54, 1.807) is 20.0 Å². The van der Waals surface area contributed by atoms with Crippen LogP contribution in [0.15, 0.2) is 6.20 Å². The van der Waals surface area contributed by atoms with Crippen molar-refractivity contribution in [3.8, 4) is 0 Å². The molecule has 2 rings (SSSR count). The predicted octanol–water partition coefficient (Wildman–Crippen LogP) is 2.67. The van der Waals surface area contributed by atoms with E-state index in [9.17, 15) is 10.1 Å². The summed E-state index contributed by atoms with van der Waals surface area (Å²) in [6, 6.07) is 0.0658. The van der Waals surface area contributed by atoms with Crippen LogP contribution < -0.4 is 5.73 Å². The van der Waals surface area contributed by atoms with Crippen LogP contribution in [0.2, 0.25) is 0 Å². The number of hydrogen-bond donors (Lipinski definition) is 1. The molecule has 5 nitrogen and oxygen atoms in total. The molecule has 0 bridgehead atoms. The fourth-order valence-corrected chi connectivity index (χ4v) is 3.03. The van der Waals surface area contributed by atoms with Crippen molar-refractivity contribution in [2.24, 2.45) is 11.7 Å². The highest BCUT2D eigenvalue weighted by Gasteiger charge is 2.25. The monoisotopic (exact) mass is 263 g/mol. The molecule has 19 heavy (non-hydrogen) atoms. The Morgan fingerprint density at radius 2 is 2.11 bits per heavy atom. The van der Waals surface area contributed by atoms with Gasteiger partial charge in [0.05, 0.1) is 10.6 Å². The smallest absolute Gasteiger partial charge is 0.278 e. The van der Waals surface area contributed by atoms with Crippen molar-refractivity contribution in [2.45, 2.75) is 52.0 Å². The number of hydrogen-bond acceptors (Lipinski definition) is 4. The van der Waals surface area contributed by atoms with Gasteiger partial charge >= 0.3 is 0 Å². The Hall–Kier alpha value is -1.49. The van der Waals surface area contributed by atoms with Crippen LogP contribution >= 0.6 is 0 Å². The number of nitrogens with zero attached hydrogens (tertiary/aromatic N) is 2. The number of aryl methyl sites for hydroxylation is 1. The van der Waals surface area contributed by atoms with Crippen molar-refractivity contribution in [1.29, 1.82) is 0 Å². The lowest BCUT2D eigenvalue weighted by molar-refractivity contribution is -0.386. The van der Waals surface area contributed by atoms with Crippen molar-refractivity contribution >= 4 is 5.69 Å². The molecule has 1 heterocycles. The molecule has 1 aromatic heterocycles. The minimum Gasteiger partial charge on any atom is -0.327 e. The quantitative estimate of drug-likeness (QED) is 0.668. The number of pyridine rings is 1. The van der Waals surface area contributed by atoms with E-state index in [4.69, 9.17) is 5.73 Å². The van der Waals surface area contributed by atoms with Gasteiger partial charge in [0.15, 0.2) is 0 Å². The second-order valence-electron chi connectivity index (χ2n) is 5.53. The zero-order chi connectivity index (χ0) is 14.0. The summed E-state index contributed by atoms with van der Waals surface area (Å²) in [6.45, 7) is 3.49. The number of rotatable bonds is 4. The van der Waals surface area contributed by atoms with E-state index in [0.717, 1.165) is 5.69 Å². The van der Waals surface area contributed by atoms with E-state index in [1.807, 2.05) is 0 Å². The molecule has 1 aromatic rings. The Labute approximate surface area is 113 Å². The van der Waals surface area contributed by atoms with Gasteiger partial charge in [0.1, 0.15) is 0 Å². The van der Waals surface area contributed by atoms with Gasteiger partial charge in [-0.3, -0.25) is 15.1 Å². The Balaban J connectivity index is 2.20. The Kier molecular flexibility index (Phi) is 4.14. The molecule has 0 amide bonds. The molecule has 5 heteroatoms. The number of aromatic nitrogens is 1. The first-order valence-corrected chi connectivity index (χ1v) is 6.85. The van der Waals surface area contributed by atoms with Crippen LogP contribution in [-0.4, -0.2) is 15.9 Å². The minimum atomic E-state index is -0.322. The first-order chi connectivity index (χ1) is 9.00. The van der Waals surface area contributed by atoms with E-state index < -0.39 is 0 Å². The van der Waals surface area contributed by atoms with E-state index in [2.05, 4.69) is 4.98 Å². The van der Waals surface area contributed by atoms with Crippen LogP contribution in [0.5, 0.6) is 0 Å². The van der Waals surface area contributed by atoms with Crippen LogP contribution in [0.25, 0.3) is 0 Å². The zero-order valence-electron chi connectivity index (χ0n) is 11.6. The van der Waals surface area contributed by atoms with Gasteiger partial charge in [-0.15, -0.1) is 0 Å². The molecular formula is C14H21N3O2. The fourth-order valence-electron chi connectivity index (χ4n) is 3.03. The normalized spacial score (nSPS) is 17.6. The molecule has 0 saturated heterocycles. The highest BCUT2D eigenvalue weighted by atomic mass is 16.6. The maximum atomic E-state index is 11.1. The SMILES string of the molecule is Cc1cnc(CC(N)C2CCCC2)c(C)c1[N+](=O)[O-]. The molecule has 0 aromatic carbocycles. The van der Waals surface area contributed by atoms with E-state index in [-0.39, 0.29) is 16.7 Å². The van der Waals surface area contributed by atoms with Crippen molar-refractivity contribution < 1.29 is 4.92 Å². The van der Waals surface area contributed by atoms with Crippen molar-refractivity contribution in [1.82, 2.24) is 4.98 Å². The summed E-state index contributed by atoms with van der Waals surface area (Å²) >= 11 is 0. The summed E-state index contributed by atoms with van der Waals surface area (Å²) in [5.74, 6) is 0.543. The molecule has 1 aliphatic carbocycles. The maximum Gasteiger partial charge on any atom is 0.278 e. The van der Waals surface area contributed by atoms with Crippen LogP contribution in [0.4, 0.5) is 5.69 Å². The van der Waals surface area contributed by atoms with E-state index in [1.165, 1.54) is 25.7 Å². The Morgan fingerprint density at radius 3 is 2.68 bits per heavy atom. The van der Waals surface area contributed by atoms with Gasteiger partial charge in [0.25, 0.3) is 5.69 Å². The number of nitro groups is 1. The third-order valence-electron chi connectivity index (χ3n) is 4.19. The summed E-state index contributed by atoms with van der Waals surface area (Å²) < 4.78 is 0. The van der Waals surface area contributed by atoms with Crippen molar-refractivity contribution in [3.05, 3.63) is 33.1 Å². The van der Waals surface area contributed by atoms with Gasteiger partial charge in [0, 0.05) is 29.8 Å². The molecule has 2 N–H and O–H groups in total. The summed E-state index contributed by atoms with van der Waals surface area (Å²) in [5, 5.41) is 11.1. The minimum absolute atomic E-state index is 0.0658. The van der Waals surface area contributed by atoms with Gasteiger partial charge in [-0.05, 0) is 32.6 Å². The second-order valence-corrected chi connectivity index (χ2v) is 5.53.